The molecule has 3 rings (SSSR count). The summed E-state index contributed by atoms with van der Waals surface area (Å²) in [6.07, 6.45) is 2.25. The van der Waals surface area contributed by atoms with Crippen molar-refractivity contribution in [2.45, 2.75) is 44.0 Å². The van der Waals surface area contributed by atoms with Crippen molar-refractivity contribution in [1.29, 1.82) is 0 Å². The van der Waals surface area contributed by atoms with Gasteiger partial charge in [0.25, 0.3) is 0 Å². The third kappa shape index (κ3) is 4.42. The number of rotatable bonds is 5. The first kappa shape index (κ1) is 20.0. The Morgan fingerprint density at radius 1 is 1.22 bits per heavy atom. The lowest BCUT2D eigenvalue weighted by atomic mass is 10.0. The van der Waals surface area contributed by atoms with Crippen LogP contribution in [0, 0.1) is 0 Å². The standard InChI is InChI=1S/C20H23BrN2O3S/c1-3-19(15-6-8-17(21)9-7-15)22-27(25,26)18-10-11-20-16(13-18)5-4-12-23(20)14(2)24/h6-11,13,19,22H,3-5,12H2,1-2H3/t19-/m0/s1. The molecule has 1 aliphatic rings. The maximum absolute atomic E-state index is 12.9. The van der Waals surface area contributed by atoms with Crippen molar-refractivity contribution in [2.75, 3.05) is 11.4 Å². The number of benzene rings is 2. The van der Waals surface area contributed by atoms with Gasteiger partial charge in [0.05, 0.1) is 4.90 Å². The van der Waals surface area contributed by atoms with Gasteiger partial charge in [-0.25, -0.2) is 13.1 Å². The van der Waals surface area contributed by atoms with Crippen LogP contribution in [-0.2, 0) is 21.2 Å². The number of hydrogen-bond acceptors (Lipinski definition) is 3. The van der Waals surface area contributed by atoms with Crippen molar-refractivity contribution >= 4 is 37.5 Å². The average molecular weight is 451 g/mol. The summed E-state index contributed by atoms with van der Waals surface area (Å²) in [5.74, 6) is -0.0223. The Labute approximate surface area is 169 Å². The second-order valence-electron chi connectivity index (χ2n) is 6.70. The predicted octanol–water partition coefficient (Wildman–Crippen LogP) is 4.18. The maximum atomic E-state index is 12.9. The third-order valence-electron chi connectivity index (χ3n) is 4.84. The Bertz CT molecular complexity index is 942. The number of amides is 1. The Morgan fingerprint density at radius 2 is 1.93 bits per heavy atom. The highest BCUT2D eigenvalue weighted by Gasteiger charge is 2.25. The van der Waals surface area contributed by atoms with E-state index in [1.54, 1.807) is 23.1 Å². The Morgan fingerprint density at radius 3 is 2.56 bits per heavy atom. The summed E-state index contributed by atoms with van der Waals surface area (Å²) in [5, 5.41) is 0. The zero-order valence-electron chi connectivity index (χ0n) is 15.4. The molecule has 0 aromatic heterocycles. The van der Waals surface area contributed by atoms with Crippen molar-refractivity contribution in [1.82, 2.24) is 4.72 Å². The molecule has 1 atom stereocenters. The number of nitrogens with one attached hydrogen (secondary N) is 1. The summed E-state index contributed by atoms with van der Waals surface area (Å²) in [5.41, 5.74) is 2.63. The summed E-state index contributed by atoms with van der Waals surface area (Å²) < 4.78 is 29.6. The molecule has 1 aliphatic heterocycles. The normalized spacial score (nSPS) is 15.3. The fourth-order valence-electron chi connectivity index (χ4n) is 3.41. The number of nitrogens with zero attached hydrogens (tertiary/aromatic N) is 1. The number of sulfonamides is 1. The summed E-state index contributed by atoms with van der Waals surface area (Å²) in [7, 11) is -3.67. The van der Waals surface area contributed by atoms with Crippen LogP contribution >= 0.6 is 15.9 Å². The minimum Gasteiger partial charge on any atom is -0.312 e. The molecule has 0 spiro atoms. The fraction of sp³-hybridized carbons (Fsp3) is 0.350. The molecule has 1 heterocycles. The molecular weight excluding hydrogens is 428 g/mol. The lowest BCUT2D eigenvalue weighted by Gasteiger charge is -2.29. The zero-order chi connectivity index (χ0) is 19.6. The first-order chi connectivity index (χ1) is 12.8. The van der Waals surface area contributed by atoms with Gasteiger partial charge in [0.15, 0.2) is 0 Å². The highest BCUT2D eigenvalue weighted by atomic mass is 79.9. The number of carbonyl (C=O) groups excluding carboxylic acids is 1. The van der Waals surface area contributed by atoms with Crippen LogP contribution in [0.4, 0.5) is 5.69 Å². The van der Waals surface area contributed by atoms with Gasteiger partial charge in [-0.2, -0.15) is 0 Å². The topological polar surface area (TPSA) is 66.5 Å². The van der Waals surface area contributed by atoms with Crippen molar-refractivity contribution in [2.24, 2.45) is 0 Å². The highest BCUT2D eigenvalue weighted by Crippen LogP contribution is 2.30. The zero-order valence-corrected chi connectivity index (χ0v) is 17.8. The Kier molecular flexibility index (Phi) is 6.03. The molecule has 0 unspecified atom stereocenters. The van der Waals surface area contributed by atoms with E-state index < -0.39 is 10.0 Å². The molecule has 0 saturated carbocycles. The number of hydrogen-bond donors (Lipinski definition) is 1. The fourth-order valence-corrected chi connectivity index (χ4v) is 5.03. The van der Waals surface area contributed by atoms with E-state index in [9.17, 15) is 13.2 Å². The monoisotopic (exact) mass is 450 g/mol. The number of fused-ring (bicyclic) bond motifs is 1. The molecule has 0 fully saturated rings. The molecule has 5 nitrogen and oxygen atoms in total. The summed E-state index contributed by atoms with van der Waals surface area (Å²) in [6.45, 7) is 4.16. The molecule has 144 valence electrons. The Hall–Kier alpha value is -1.70. The van der Waals surface area contributed by atoms with Gasteiger partial charge in [-0.15, -0.1) is 0 Å². The van der Waals surface area contributed by atoms with Gasteiger partial charge >= 0.3 is 0 Å². The number of carbonyl (C=O) groups is 1. The molecule has 0 aliphatic carbocycles. The van der Waals surface area contributed by atoms with E-state index in [-0.39, 0.29) is 16.8 Å². The highest BCUT2D eigenvalue weighted by molar-refractivity contribution is 9.10. The van der Waals surface area contributed by atoms with Gasteiger partial charge in [-0.1, -0.05) is 35.0 Å². The van der Waals surface area contributed by atoms with Crippen LogP contribution in [0.3, 0.4) is 0 Å². The van der Waals surface area contributed by atoms with Gasteiger partial charge in [-0.3, -0.25) is 4.79 Å². The summed E-state index contributed by atoms with van der Waals surface area (Å²) >= 11 is 3.40. The molecular formula is C20H23BrN2O3S. The number of anilines is 1. The smallest absolute Gasteiger partial charge is 0.241 e. The average Bonchev–Trinajstić information content (AvgIpc) is 2.65. The summed E-state index contributed by atoms with van der Waals surface area (Å²) in [4.78, 5) is 13.7. The Balaban J connectivity index is 1.88. The summed E-state index contributed by atoms with van der Waals surface area (Å²) in [6, 6.07) is 12.4. The van der Waals surface area contributed by atoms with Crippen LogP contribution in [-0.4, -0.2) is 20.9 Å². The van der Waals surface area contributed by atoms with E-state index in [1.165, 1.54) is 6.92 Å². The first-order valence-corrected chi connectivity index (χ1v) is 11.3. The molecule has 1 N–H and O–H groups in total. The maximum Gasteiger partial charge on any atom is 0.241 e. The molecule has 0 radical (unpaired) electrons. The molecule has 1 amide bonds. The van der Waals surface area contributed by atoms with E-state index in [0.717, 1.165) is 34.1 Å². The van der Waals surface area contributed by atoms with Gasteiger partial charge in [0.1, 0.15) is 0 Å². The minimum atomic E-state index is -3.67. The number of aryl methyl sites for hydroxylation is 1. The molecule has 7 heteroatoms. The van der Waals surface area contributed by atoms with E-state index in [0.29, 0.717) is 13.0 Å². The van der Waals surface area contributed by atoms with Gasteiger partial charge in [0, 0.05) is 29.7 Å². The van der Waals surface area contributed by atoms with E-state index in [4.69, 9.17) is 0 Å². The van der Waals surface area contributed by atoms with Crippen LogP contribution in [0.2, 0.25) is 0 Å². The van der Waals surface area contributed by atoms with Crippen LogP contribution in [0.1, 0.15) is 43.9 Å². The second kappa shape index (κ2) is 8.12. The van der Waals surface area contributed by atoms with Crippen LogP contribution in [0.15, 0.2) is 51.8 Å². The van der Waals surface area contributed by atoms with E-state index >= 15 is 0 Å². The van der Waals surface area contributed by atoms with Crippen LogP contribution in [0.5, 0.6) is 0 Å². The largest absolute Gasteiger partial charge is 0.312 e. The molecule has 2 aromatic rings. The van der Waals surface area contributed by atoms with Gasteiger partial charge < -0.3 is 4.90 Å². The quantitative estimate of drug-likeness (QED) is 0.742. The van der Waals surface area contributed by atoms with E-state index in [2.05, 4.69) is 20.7 Å². The van der Waals surface area contributed by atoms with E-state index in [1.807, 2.05) is 31.2 Å². The second-order valence-corrected chi connectivity index (χ2v) is 9.33. The SMILES string of the molecule is CC[C@H](NS(=O)(=O)c1ccc2c(c1)CCCN2C(C)=O)c1ccc(Br)cc1. The van der Waals surface area contributed by atoms with Gasteiger partial charge in [0.2, 0.25) is 15.9 Å². The molecule has 2 aromatic carbocycles. The number of halogens is 1. The molecule has 0 saturated heterocycles. The predicted molar refractivity (Wildman–Crippen MR) is 110 cm³/mol. The lowest BCUT2D eigenvalue weighted by Crippen LogP contribution is -2.34. The minimum absolute atomic E-state index is 0.0223. The van der Waals surface area contributed by atoms with Crippen LogP contribution in [0.25, 0.3) is 0 Å². The van der Waals surface area contributed by atoms with Gasteiger partial charge in [-0.05, 0) is 60.7 Å². The van der Waals surface area contributed by atoms with Crippen molar-refractivity contribution in [3.05, 3.63) is 58.1 Å². The van der Waals surface area contributed by atoms with Crippen molar-refractivity contribution in [3.63, 3.8) is 0 Å². The molecule has 0 bridgehead atoms. The third-order valence-corrected chi connectivity index (χ3v) is 6.84. The van der Waals surface area contributed by atoms with Crippen molar-refractivity contribution < 1.29 is 13.2 Å². The lowest BCUT2D eigenvalue weighted by molar-refractivity contribution is -0.116. The first-order valence-electron chi connectivity index (χ1n) is 9.00. The van der Waals surface area contributed by atoms with Crippen molar-refractivity contribution in [3.8, 4) is 0 Å². The molecule has 27 heavy (non-hydrogen) atoms. The van der Waals surface area contributed by atoms with Crippen LogP contribution < -0.4 is 9.62 Å².